The molecule has 0 aliphatic carbocycles. The van der Waals surface area contributed by atoms with E-state index in [2.05, 4.69) is 32.0 Å². The van der Waals surface area contributed by atoms with Crippen molar-refractivity contribution in [3.8, 4) is 11.5 Å². The second-order valence-corrected chi connectivity index (χ2v) is 8.08. The first-order chi connectivity index (χ1) is 13.4. The fourth-order valence-corrected chi connectivity index (χ4v) is 3.78. The molecule has 4 rings (SSSR count). The maximum Gasteiger partial charge on any atom is 0.228 e. The highest BCUT2D eigenvalue weighted by molar-refractivity contribution is 6.36. The number of fused-ring (bicyclic) bond motifs is 1. The van der Waals surface area contributed by atoms with Crippen LogP contribution in [-0.4, -0.2) is 10.1 Å². The average molecular weight is 415 g/mol. The van der Waals surface area contributed by atoms with Crippen molar-refractivity contribution in [2.45, 2.75) is 39.5 Å². The van der Waals surface area contributed by atoms with E-state index in [1.54, 1.807) is 12.1 Å². The van der Waals surface area contributed by atoms with Gasteiger partial charge in [0.1, 0.15) is 5.76 Å². The molecule has 0 aliphatic rings. The Labute approximate surface area is 173 Å². The molecule has 144 valence electrons. The molecular weight excluding hydrogens is 395 g/mol. The van der Waals surface area contributed by atoms with Crippen LogP contribution < -0.4 is 0 Å². The van der Waals surface area contributed by atoms with Crippen molar-refractivity contribution >= 4 is 34.2 Å². The van der Waals surface area contributed by atoms with E-state index < -0.39 is 0 Å². The summed E-state index contributed by atoms with van der Waals surface area (Å²) < 4.78 is 11.5. The summed E-state index contributed by atoms with van der Waals surface area (Å²) in [4.78, 5) is 4.74. The molecule has 0 saturated carbocycles. The van der Waals surface area contributed by atoms with Crippen LogP contribution in [0.25, 0.3) is 22.4 Å². The van der Waals surface area contributed by atoms with Crippen molar-refractivity contribution < 1.29 is 8.94 Å². The molecule has 2 heterocycles. The zero-order valence-corrected chi connectivity index (χ0v) is 17.4. The maximum atomic E-state index is 6.34. The summed E-state index contributed by atoms with van der Waals surface area (Å²) in [6.07, 6.45) is 1.42. The van der Waals surface area contributed by atoms with Crippen molar-refractivity contribution in [2.24, 2.45) is 0 Å². The van der Waals surface area contributed by atoms with E-state index in [0.29, 0.717) is 22.4 Å². The molecule has 0 unspecified atom stereocenters. The van der Waals surface area contributed by atoms with Crippen LogP contribution in [0.15, 0.2) is 45.3 Å². The zero-order valence-electron chi connectivity index (χ0n) is 15.9. The zero-order chi connectivity index (χ0) is 19.8. The van der Waals surface area contributed by atoms with Gasteiger partial charge in [-0.3, -0.25) is 0 Å². The lowest BCUT2D eigenvalue weighted by Crippen LogP contribution is -1.98. The molecule has 0 fully saturated rings. The van der Waals surface area contributed by atoms with Crippen molar-refractivity contribution in [1.29, 1.82) is 0 Å². The fraction of sp³-hybridized carbons (Fsp3) is 0.273. The van der Waals surface area contributed by atoms with Gasteiger partial charge in [0.25, 0.3) is 0 Å². The number of aromatic nitrogens is 2. The Morgan fingerprint density at radius 3 is 2.54 bits per heavy atom. The average Bonchev–Trinajstić information content (AvgIpc) is 3.24. The molecule has 0 spiro atoms. The van der Waals surface area contributed by atoms with Crippen LogP contribution in [0.2, 0.25) is 10.0 Å². The summed E-state index contributed by atoms with van der Waals surface area (Å²) in [5, 5.41) is 6.40. The summed E-state index contributed by atoms with van der Waals surface area (Å²) in [5.41, 5.74) is 4.57. The number of nitrogens with zero attached hydrogens (tertiary/aromatic N) is 2. The summed E-state index contributed by atoms with van der Waals surface area (Å²) in [5.74, 6) is 1.59. The van der Waals surface area contributed by atoms with E-state index in [1.807, 2.05) is 18.2 Å². The van der Waals surface area contributed by atoms with E-state index in [0.717, 1.165) is 40.1 Å². The molecule has 4 aromatic rings. The molecule has 0 saturated heterocycles. The first kappa shape index (κ1) is 19.0. The standard InChI is InChI=1S/C22H20Cl2N2O2/c1-12(2)21-19(25-22(27-21)15-6-5-14(23)11-17(15)24)8-7-18-16-10-13(3)4-9-20(16)28-26-18/h4-6,9-12H,7-8H2,1-3H3. The van der Waals surface area contributed by atoms with Gasteiger partial charge in [-0.1, -0.05) is 53.8 Å². The van der Waals surface area contributed by atoms with Crippen LogP contribution in [0.3, 0.4) is 0 Å². The number of hydrogen-bond acceptors (Lipinski definition) is 4. The minimum atomic E-state index is 0.207. The van der Waals surface area contributed by atoms with Gasteiger partial charge in [0, 0.05) is 16.3 Å². The third-order valence-corrected chi connectivity index (χ3v) is 5.26. The molecule has 0 N–H and O–H groups in total. The van der Waals surface area contributed by atoms with Crippen LogP contribution in [-0.2, 0) is 12.8 Å². The number of hydrogen-bond donors (Lipinski definition) is 0. The number of halogens is 2. The Balaban J connectivity index is 1.65. The number of oxazole rings is 1. The number of aryl methyl sites for hydroxylation is 3. The lowest BCUT2D eigenvalue weighted by atomic mass is 10.0. The smallest absolute Gasteiger partial charge is 0.228 e. The highest BCUT2D eigenvalue weighted by Crippen LogP contribution is 2.33. The molecular formula is C22H20Cl2N2O2. The molecule has 0 amide bonds. The SMILES string of the molecule is Cc1ccc2onc(CCc3nc(-c4ccc(Cl)cc4Cl)oc3C(C)C)c2c1. The summed E-state index contributed by atoms with van der Waals surface area (Å²) in [7, 11) is 0. The van der Waals surface area contributed by atoms with Gasteiger partial charge in [0.2, 0.25) is 5.89 Å². The molecule has 0 radical (unpaired) electrons. The Kier molecular flexibility index (Phi) is 5.17. The number of rotatable bonds is 5. The third-order valence-electron chi connectivity index (χ3n) is 4.71. The quantitative estimate of drug-likeness (QED) is 0.352. The van der Waals surface area contributed by atoms with Crippen LogP contribution in [0.1, 0.15) is 42.5 Å². The van der Waals surface area contributed by atoms with Gasteiger partial charge in [-0.25, -0.2) is 4.98 Å². The lowest BCUT2D eigenvalue weighted by molar-refractivity contribution is 0.445. The largest absolute Gasteiger partial charge is 0.441 e. The minimum Gasteiger partial charge on any atom is -0.441 e. The highest BCUT2D eigenvalue weighted by atomic mass is 35.5. The van der Waals surface area contributed by atoms with E-state index >= 15 is 0 Å². The summed E-state index contributed by atoms with van der Waals surface area (Å²) in [6, 6.07) is 11.4. The third kappa shape index (κ3) is 3.67. The topological polar surface area (TPSA) is 52.1 Å². The van der Waals surface area contributed by atoms with E-state index in [1.165, 1.54) is 5.56 Å². The van der Waals surface area contributed by atoms with Crippen LogP contribution >= 0.6 is 23.2 Å². The lowest BCUT2D eigenvalue weighted by Gasteiger charge is -2.03. The van der Waals surface area contributed by atoms with Crippen LogP contribution in [0.4, 0.5) is 0 Å². The second kappa shape index (κ2) is 7.61. The van der Waals surface area contributed by atoms with Crippen molar-refractivity contribution in [3.05, 3.63) is 69.2 Å². The molecule has 28 heavy (non-hydrogen) atoms. The molecule has 2 aromatic heterocycles. The van der Waals surface area contributed by atoms with Crippen molar-refractivity contribution in [3.63, 3.8) is 0 Å². The van der Waals surface area contributed by atoms with Gasteiger partial charge in [-0.2, -0.15) is 0 Å². The Hall–Kier alpha value is -2.30. The van der Waals surface area contributed by atoms with Crippen molar-refractivity contribution in [2.75, 3.05) is 0 Å². The predicted octanol–water partition coefficient (Wildman–Crippen LogP) is 7.01. The molecule has 0 atom stereocenters. The first-order valence-corrected chi connectivity index (χ1v) is 9.98. The minimum absolute atomic E-state index is 0.207. The van der Waals surface area contributed by atoms with Crippen LogP contribution in [0.5, 0.6) is 0 Å². The van der Waals surface area contributed by atoms with Gasteiger partial charge < -0.3 is 8.94 Å². The molecule has 6 heteroatoms. The monoisotopic (exact) mass is 414 g/mol. The molecule has 0 bridgehead atoms. The van der Waals surface area contributed by atoms with Gasteiger partial charge in [0.15, 0.2) is 5.58 Å². The normalized spacial score (nSPS) is 11.6. The van der Waals surface area contributed by atoms with E-state index in [9.17, 15) is 0 Å². The van der Waals surface area contributed by atoms with Crippen LogP contribution in [0, 0.1) is 6.92 Å². The molecule has 2 aromatic carbocycles. The molecule has 0 aliphatic heterocycles. The summed E-state index contributed by atoms with van der Waals surface area (Å²) in [6.45, 7) is 6.24. The predicted molar refractivity (Wildman–Crippen MR) is 112 cm³/mol. The summed E-state index contributed by atoms with van der Waals surface area (Å²) >= 11 is 12.3. The van der Waals surface area contributed by atoms with E-state index in [-0.39, 0.29) is 5.92 Å². The fourth-order valence-electron chi connectivity index (χ4n) is 3.29. The second-order valence-electron chi connectivity index (χ2n) is 7.24. The Morgan fingerprint density at radius 2 is 1.79 bits per heavy atom. The van der Waals surface area contributed by atoms with Gasteiger partial charge >= 0.3 is 0 Å². The van der Waals surface area contributed by atoms with Crippen molar-refractivity contribution in [1.82, 2.24) is 10.1 Å². The molecule has 4 nitrogen and oxygen atoms in total. The highest BCUT2D eigenvalue weighted by Gasteiger charge is 2.20. The van der Waals surface area contributed by atoms with Gasteiger partial charge in [0.05, 0.1) is 22.0 Å². The Bertz CT molecular complexity index is 1140. The van der Waals surface area contributed by atoms with Gasteiger partial charge in [-0.15, -0.1) is 0 Å². The van der Waals surface area contributed by atoms with Gasteiger partial charge in [-0.05, 0) is 50.1 Å². The maximum absolute atomic E-state index is 6.34. The first-order valence-electron chi connectivity index (χ1n) is 9.22. The Morgan fingerprint density at radius 1 is 1.00 bits per heavy atom. The van der Waals surface area contributed by atoms with E-state index in [4.69, 9.17) is 37.1 Å². The number of benzene rings is 2.